The van der Waals surface area contributed by atoms with E-state index in [9.17, 15) is 13.2 Å². The van der Waals surface area contributed by atoms with E-state index in [-0.39, 0.29) is 0 Å². The maximum atomic E-state index is 12.5. The number of hydrogen-bond acceptors (Lipinski definition) is 1. The molecular formula is C14H18F3N. The molecule has 0 heterocycles. The van der Waals surface area contributed by atoms with E-state index in [1.54, 1.807) is 12.1 Å². The predicted octanol–water partition coefficient (Wildman–Crippen LogP) is 3.95. The van der Waals surface area contributed by atoms with Gasteiger partial charge >= 0.3 is 6.18 Å². The van der Waals surface area contributed by atoms with Gasteiger partial charge in [-0.25, -0.2) is 0 Å². The van der Waals surface area contributed by atoms with Crippen molar-refractivity contribution in [1.29, 1.82) is 0 Å². The molecule has 1 aromatic carbocycles. The van der Waals surface area contributed by atoms with Gasteiger partial charge in [0.15, 0.2) is 0 Å². The third kappa shape index (κ3) is 3.05. The second-order valence-corrected chi connectivity index (χ2v) is 4.97. The molecule has 0 saturated heterocycles. The monoisotopic (exact) mass is 257 g/mol. The molecule has 1 fully saturated rings. The van der Waals surface area contributed by atoms with Gasteiger partial charge in [0.2, 0.25) is 0 Å². The summed E-state index contributed by atoms with van der Waals surface area (Å²) in [6, 6.07) is 6.14. The van der Waals surface area contributed by atoms with Crippen molar-refractivity contribution >= 4 is 0 Å². The van der Waals surface area contributed by atoms with E-state index >= 15 is 0 Å². The van der Waals surface area contributed by atoms with Gasteiger partial charge in [-0.05, 0) is 49.9 Å². The molecule has 1 aliphatic rings. The Morgan fingerprint density at radius 3 is 2.33 bits per heavy atom. The Hall–Kier alpha value is -1.03. The summed E-state index contributed by atoms with van der Waals surface area (Å²) in [6.45, 7) is 0. The van der Waals surface area contributed by atoms with Crippen molar-refractivity contribution in [2.75, 3.05) is 7.05 Å². The third-order valence-electron chi connectivity index (χ3n) is 3.79. The van der Waals surface area contributed by atoms with Gasteiger partial charge in [0.1, 0.15) is 0 Å². The van der Waals surface area contributed by atoms with Crippen molar-refractivity contribution in [2.45, 2.75) is 43.8 Å². The number of hydrogen-bond donors (Lipinski definition) is 1. The van der Waals surface area contributed by atoms with Gasteiger partial charge in [-0.1, -0.05) is 18.6 Å². The van der Waals surface area contributed by atoms with Crippen LogP contribution in [-0.2, 0) is 6.18 Å². The minimum absolute atomic E-state index is 0.387. The molecule has 4 heteroatoms. The van der Waals surface area contributed by atoms with Crippen LogP contribution in [0.5, 0.6) is 0 Å². The first kappa shape index (κ1) is 13.4. The lowest BCUT2D eigenvalue weighted by Gasteiger charge is -2.29. The van der Waals surface area contributed by atoms with Crippen molar-refractivity contribution in [1.82, 2.24) is 5.32 Å². The highest BCUT2D eigenvalue weighted by Crippen LogP contribution is 2.35. The van der Waals surface area contributed by atoms with Gasteiger partial charge in [-0.15, -0.1) is 0 Å². The maximum Gasteiger partial charge on any atom is 0.416 e. The van der Waals surface area contributed by atoms with Gasteiger partial charge in [-0.2, -0.15) is 13.2 Å². The fourth-order valence-corrected chi connectivity index (χ4v) is 2.70. The van der Waals surface area contributed by atoms with Crippen LogP contribution in [0, 0.1) is 0 Å². The Morgan fingerprint density at radius 2 is 1.78 bits per heavy atom. The molecule has 0 spiro atoms. The van der Waals surface area contributed by atoms with Gasteiger partial charge < -0.3 is 5.32 Å². The Bertz CT molecular complexity index is 383. The van der Waals surface area contributed by atoms with E-state index in [1.165, 1.54) is 12.1 Å². The SMILES string of the molecule is CNC1CCCC(c2ccc(C(F)(F)F)cc2)C1. The molecule has 2 unspecified atom stereocenters. The Morgan fingerprint density at radius 1 is 1.11 bits per heavy atom. The minimum Gasteiger partial charge on any atom is -0.317 e. The fraction of sp³-hybridized carbons (Fsp3) is 0.571. The highest BCUT2D eigenvalue weighted by Gasteiger charge is 2.30. The molecule has 2 atom stereocenters. The standard InChI is InChI=1S/C14H18F3N/c1-18-13-4-2-3-11(9-13)10-5-7-12(8-6-10)14(15,16)17/h5-8,11,13,18H,2-4,9H2,1H3. The molecule has 0 aromatic heterocycles. The molecule has 0 radical (unpaired) electrons. The summed E-state index contributed by atoms with van der Waals surface area (Å²) in [5.41, 5.74) is 0.468. The molecule has 1 saturated carbocycles. The fourth-order valence-electron chi connectivity index (χ4n) is 2.70. The highest BCUT2D eigenvalue weighted by molar-refractivity contribution is 5.27. The van der Waals surface area contributed by atoms with Crippen LogP contribution in [0.3, 0.4) is 0 Å². The lowest BCUT2D eigenvalue weighted by molar-refractivity contribution is -0.137. The van der Waals surface area contributed by atoms with E-state index in [0.717, 1.165) is 31.2 Å². The van der Waals surface area contributed by atoms with Crippen LogP contribution in [0.15, 0.2) is 24.3 Å². The highest BCUT2D eigenvalue weighted by atomic mass is 19.4. The first-order valence-corrected chi connectivity index (χ1v) is 6.35. The van der Waals surface area contributed by atoms with Gasteiger partial charge in [0, 0.05) is 6.04 Å². The van der Waals surface area contributed by atoms with Crippen molar-refractivity contribution in [3.8, 4) is 0 Å². The van der Waals surface area contributed by atoms with Gasteiger partial charge in [0.25, 0.3) is 0 Å². The van der Waals surface area contributed by atoms with Gasteiger partial charge in [-0.3, -0.25) is 0 Å². The zero-order valence-electron chi connectivity index (χ0n) is 10.4. The van der Waals surface area contributed by atoms with Crippen LogP contribution in [0.1, 0.15) is 42.7 Å². The van der Waals surface area contributed by atoms with Crippen LogP contribution >= 0.6 is 0 Å². The summed E-state index contributed by atoms with van der Waals surface area (Å²) in [6.07, 6.45) is 0.148. The first-order valence-electron chi connectivity index (χ1n) is 6.35. The minimum atomic E-state index is -4.24. The van der Waals surface area contributed by atoms with Crippen LogP contribution in [0.4, 0.5) is 13.2 Å². The van der Waals surface area contributed by atoms with Crippen molar-refractivity contribution in [3.05, 3.63) is 35.4 Å². The zero-order valence-corrected chi connectivity index (χ0v) is 10.4. The summed E-state index contributed by atoms with van der Waals surface area (Å²) in [4.78, 5) is 0. The van der Waals surface area contributed by atoms with E-state index in [1.807, 2.05) is 7.05 Å². The number of halogens is 3. The molecule has 100 valence electrons. The summed E-state index contributed by atoms with van der Waals surface area (Å²) >= 11 is 0. The molecule has 18 heavy (non-hydrogen) atoms. The van der Waals surface area contributed by atoms with E-state index in [2.05, 4.69) is 5.32 Å². The maximum absolute atomic E-state index is 12.5. The lowest BCUT2D eigenvalue weighted by Crippen LogP contribution is -2.30. The summed E-state index contributed by atoms with van der Waals surface area (Å²) in [5.74, 6) is 0.387. The molecule has 0 aliphatic heterocycles. The van der Waals surface area contributed by atoms with Crippen LogP contribution in [-0.4, -0.2) is 13.1 Å². The number of nitrogens with one attached hydrogen (secondary N) is 1. The predicted molar refractivity (Wildman–Crippen MR) is 65.5 cm³/mol. The summed E-state index contributed by atoms with van der Waals surface area (Å²) in [5, 5.41) is 3.26. The summed E-state index contributed by atoms with van der Waals surface area (Å²) in [7, 11) is 1.94. The van der Waals surface area contributed by atoms with Crippen LogP contribution in [0.2, 0.25) is 0 Å². The Kier molecular flexibility index (Phi) is 3.95. The number of alkyl halides is 3. The third-order valence-corrected chi connectivity index (χ3v) is 3.79. The van der Waals surface area contributed by atoms with Crippen LogP contribution < -0.4 is 5.32 Å². The molecule has 1 aromatic rings. The molecule has 0 bridgehead atoms. The van der Waals surface area contributed by atoms with Crippen molar-refractivity contribution < 1.29 is 13.2 Å². The summed E-state index contributed by atoms with van der Waals surface area (Å²) < 4.78 is 37.4. The Labute approximate surface area is 105 Å². The molecular weight excluding hydrogens is 239 g/mol. The molecule has 0 amide bonds. The van der Waals surface area contributed by atoms with E-state index in [4.69, 9.17) is 0 Å². The van der Waals surface area contributed by atoms with Crippen molar-refractivity contribution in [3.63, 3.8) is 0 Å². The van der Waals surface area contributed by atoms with Crippen molar-refractivity contribution in [2.24, 2.45) is 0 Å². The normalized spacial score (nSPS) is 25.1. The number of benzene rings is 1. The second-order valence-electron chi connectivity index (χ2n) is 4.97. The quantitative estimate of drug-likeness (QED) is 0.845. The average Bonchev–Trinajstić information content (AvgIpc) is 2.38. The largest absolute Gasteiger partial charge is 0.416 e. The lowest BCUT2D eigenvalue weighted by atomic mass is 9.81. The van der Waals surface area contributed by atoms with Gasteiger partial charge in [0.05, 0.1) is 5.56 Å². The molecule has 2 rings (SSSR count). The van der Waals surface area contributed by atoms with E-state index in [0.29, 0.717) is 12.0 Å². The first-order chi connectivity index (χ1) is 8.50. The number of rotatable bonds is 2. The topological polar surface area (TPSA) is 12.0 Å². The Balaban J connectivity index is 2.09. The molecule has 1 aliphatic carbocycles. The smallest absolute Gasteiger partial charge is 0.317 e. The zero-order chi connectivity index (χ0) is 13.2. The average molecular weight is 257 g/mol. The molecule has 1 nitrogen and oxygen atoms in total. The van der Waals surface area contributed by atoms with Crippen LogP contribution in [0.25, 0.3) is 0 Å². The second kappa shape index (κ2) is 5.31. The van der Waals surface area contributed by atoms with E-state index < -0.39 is 11.7 Å². The molecule has 1 N–H and O–H groups in total.